The van der Waals surface area contributed by atoms with Gasteiger partial charge >= 0.3 is 5.97 Å². The van der Waals surface area contributed by atoms with Gasteiger partial charge in [-0.05, 0) is 35.7 Å². The number of carbonyl (C=O) groups is 2. The normalized spacial score (nSPS) is 10.0. The van der Waals surface area contributed by atoms with Gasteiger partial charge in [-0.25, -0.2) is 4.79 Å². The highest BCUT2D eigenvalue weighted by molar-refractivity contribution is 7.96. The van der Waals surface area contributed by atoms with E-state index in [0.717, 1.165) is 16.8 Å². The summed E-state index contributed by atoms with van der Waals surface area (Å²) in [5, 5.41) is 2.28. The average molecular weight is 301 g/mol. The van der Waals surface area contributed by atoms with Gasteiger partial charge in [0.2, 0.25) is 0 Å². The molecule has 0 saturated heterocycles. The van der Waals surface area contributed by atoms with E-state index in [1.54, 1.807) is 12.1 Å². The molecule has 4 nitrogen and oxygen atoms in total. The van der Waals surface area contributed by atoms with Crippen LogP contribution in [-0.4, -0.2) is 18.3 Å². The zero-order valence-electron chi connectivity index (χ0n) is 11.5. The molecule has 1 amide bonds. The Bertz CT molecular complexity index is 653. The van der Waals surface area contributed by atoms with Crippen molar-refractivity contribution < 1.29 is 14.3 Å². The third-order valence-corrected chi connectivity index (χ3v) is 3.14. The van der Waals surface area contributed by atoms with Crippen molar-refractivity contribution in [1.29, 1.82) is 0 Å². The topological polar surface area (TPSA) is 55.4 Å². The van der Waals surface area contributed by atoms with E-state index >= 15 is 0 Å². The van der Waals surface area contributed by atoms with Gasteiger partial charge in [-0.1, -0.05) is 43.0 Å². The Morgan fingerprint density at radius 3 is 2.38 bits per heavy atom. The first-order chi connectivity index (χ1) is 10.1. The summed E-state index contributed by atoms with van der Waals surface area (Å²) in [6.45, 7) is 0. The minimum Gasteiger partial charge on any atom is -0.465 e. The molecular formula is C16H15NO3S. The van der Waals surface area contributed by atoms with E-state index in [0.29, 0.717) is 12.0 Å². The van der Waals surface area contributed by atoms with E-state index in [1.807, 2.05) is 36.4 Å². The number of ether oxygens (including phenoxy) is 1. The quantitative estimate of drug-likeness (QED) is 0.671. The number of hydrogen-bond donors (Lipinski definition) is 2. The molecule has 0 bridgehead atoms. The number of amides is 1. The average Bonchev–Trinajstić information content (AvgIpc) is 2.49. The van der Waals surface area contributed by atoms with Crippen molar-refractivity contribution in [3.8, 4) is 0 Å². The number of carbonyl (C=O) groups excluding carboxylic acids is 2. The summed E-state index contributed by atoms with van der Waals surface area (Å²) in [4.78, 5) is 22.5. The van der Waals surface area contributed by atoms with Crippen LogP contribution in [0.5, 0.6) is 0 Å². The van der Waals surface area contributed by atoms with Crippen LogP contribution in [0, 0.1) is 0 Å². The summed E-state index contributed by atoms with van der Waals surface area (Å²) in [5.74, 6) is -0.357. The molecule has 0 heterocycles. The van der Waals surface area contributed by atoms with Crippen molar-refractivity contribution in [2.24, 2.45) is 0 Å². The third-order valence-electron chi connectivity index (χ3n) is 3.03. The maximum Gasteiger partial charge on any atom is 0.337 e. The molecule has 1 N–H and O–H groups in total. The highest BCUT2D eigenvalue weighted by atomic mass is 32.1. The minimum atomic E-state index is -0.400. The second kappa shape index (κ2) is 6.95. The third kappa shape index (κ3) is 4.10. The lowest BCUT2D eigenvalue weighted by Crippen LogP contribution is -2.05. The van der Waals surface area contributed by atoms with Crippen molar-refractivity contribution in [1.82, 2.24) is 0 Å². The number of benzene rings is 2. The van der Waals surface area contributed by atoms with Gasteiger partial charge < -0.3 is 10.1 Å². The van der Waals surface area contributed by atoms with Crippen LogP contribution in [0.1, 0.15) is 21.5 Å². The Balaban J connectivity index is 2.18. The Morgan fingerprint density at radius 1 is 1.10 bits per heavy atom. The van der Waals surface area contributed by atoms with Gasteiger partial charge in [-0.3, -0.25) is 4.79 Å². The highest BCUT2D eigenvalue weighted by Gasteiger charge is 2.07. The van der Waals surface area contributed by atoms with Crippen molar-refractivity contribution in [2.75, 3.05) is 12.4 Å². The molecule has 0 aliphatic heterocycles. The van der Waals surface area contributed by atoms with Gasteiger partial charge in [0, 0.05) is 5.69 Å². The second-order valence-corrected chi connectivity index (χ2v) is 4.86. The summed E-state index contributed by atoms with van der Waals surface area (Å²) in [5.41, 5.74) is 3.25. The zero-order valence-corrected chi connectivity index (χ0v) is 12.4. The molecular weight excluding hydrogens is 286 g/mol. The fraction of sp³-hybridized carbons (Fsp3) is 0.125. The van der Waals surface area contributed by atoms with Crippen LogP contribution in [0.3, 0.4) is 0 Å². The van der Waals surface area contributed by atoms with Crippen LogP contribution in [0.15, 0.2) is 48.5 Å². The van der Waals surface area contributed by atoms with Gasteiger partial charge in [0.1, 0.15) is 0 Å². The number of esters is 1. The molecule has 0 fully saturated rings. The lowest BCUT2D eigenvalue weighted by atomic mass is 10.0. The van der Waals surface area contributed by atoms with Crippen LogP contribution in [0.4, 0.5) is 10.5 Å². The first-order valence-electron chi connectivity index (χ1n) is 6.35. The molecule has 5 heteroatoms. The number of para-hydroxylation sites is 1. The number of anilines is 1. The van der Waals surface area contributed by atoms with Crippen molar-refractivity contribution >= 4 is 29.5 Å². The van der Waals surface area contributed by atoms with Crippen LogP contribution in [-0.2, 0) is 11.2 Å². The number of methoxy groups -OCH3 is 1. The van der Waals surface area contributed by atoms with Gasteiger partial charge in [0.15, 0.2) is 0 Å². The largest absolute Gasteiger partial charge is 0.465 e. The molecule has 0 aliphatic rings. The summed E-state index contributed by atoms with van der Waals surface area (Å²) in [6.07, 6.45) is 0.645. The monoisotopic (exact) mass is 301 g/mol. The van der Waals surface area contributed by atoms with E-state index in [2.05, 4.69) is 22.7 Å². The van der Waals surface area contributed by atoms with Gasteiger partial charge in [0.05, 0.1) is 12.7 Å². The van der Waals surface area contributed by atoms with Gasteiger partial charge in [0.25, 0.3) is 5.24 Å². The van der Waals surface area contributed by atoms with E-state index < -0.39 is 5.24 Å². The molecule has 0 radical (unpaired) electrons. The van der Waals surface area contributed by atoms with Crippen LogP contribution in [0.25, 0.3) is 0 Å². The second-order valence-electron chi connectivity index (χ2n) is 4.45. The lowest BCUT2D eigenvalue weighted by molar-refractivity contribution is 0.0600. The summed E-state index contributed by atoms with van der Waals surface area (Å²) >= 11 is 3.73. The minimum absolute atomic E-state index is 0.357. The first-order valence-corrected chi connectivity index (χ1v) is 6.80. The maximum atomic E-state index is 11.4. The van der Waals surface area contributed by atoms with Crippen molar-refractivity contribution in [3.63, 3.8) is 0 Å². The molecule has 108 valence electrons. The van der Waals surface area contributed by atoms with Crippen molar-refractivity contribution in [3.05, 3.63) is 65.2 Å². The predicted molar refractivity (Wildman–Crippen MR) is 85.0 cm³/mol. The maximum absolute atomic E-state index is 11.4. The van der Waals surface area contributed by atoms with Crippen LogP contribution >= 0.6 is 12.6 Å². The molecule has 0 atom stereocenters. The summed E-state index contributed by atoms with van der Waals surface area (Å²) in [7, 11) is 1.35. The standard InChI is InChI=1S/C16H15NO3S/c1-20-15(18)12-8-6-11(7-9-12)10-13-4-2-3-5-14(13)17-16(19)21/h2-9H,10H2,1H3,(H2,17,19,21). The molecule has 2 aromatic rings. The SMILES string of the molecule is COC(=O)c1ccc(Cc2ccccc2NC(=O)S)cc1. The summed E-state index contributed by atoms with van der Waals surface area (Å²) < 4.78 is 4.66. The smallest absolute Gasteiger partial charge is 0.337 e. The molecule has 0 spiro atoms. The Labute approximate surface area is 128 Å². The molecule has 2 aromatic carbocycles. The number of rotatable bonds is 4. The van der Waals surface area contributed by atoms with Crippen LogP contribution < -0.4 is 5.32 Å². The van der Waals surface area contributed by atoms with E-state index in [1.165, 1.54) is 7.11 Å². The molecule has 0 unspecified atom stereocenters. The summed E-state index contributed by atoms with van der Waals surface area (Å²) in [6, 6.07) is 14.7. The lowest BCUT2D eigenvalue weighted by Gasteiger charge is -2.09. The van der Waals surface area contributed by atoms with Gasteiger partial charge in [-0.15, -0.1) is 0 Å². The molecule has 21 heavy (non-hydrogen) atoms. The number of hydrogen-bond acceptors (Lipinski definition) is 3. The molecule has 0 aliphatic carbocycles. The fourth-order valence-electron chi connectivity index (χ4n) is 2.01. The molecule has 0 saturated carbocycles. The van der Waals surface area contributed by atoms with E-state index in [-0.39, 0.29) is 5.97 Å². The van der Waals surface area contributed by atoms with E-state index in [4.69, 9.17) is 0 Å². The first kappa shape index (κ1) is 15.1. The molecule has 0 aromatic heterocycles. The van der Waals surface area contributed by atoms with E-state index in [9.17, 15) is 9.59 Å². The highest BCUT2D eigenvalue weighted by Crippen LogP contribution is 2.20. The molecule has 2 rings (SSSR count). The Kier molecular flexibility index (Phi) is 5.00. The van der Waals surface area contributed by atoms with Crippen molar-refractivity contribution in [2.45, 2.75) is 6.42 Å². The van der Waals surface area contributed by atoms with Gasteiger partial charge in [-0.2, -0.15) is 0 Å². The Morgan fingerprint density at radius 2 is 1.76 bits per heavy atom. The fourth-order valence-corrected chi connectivity index (χ4v) is 2.13. The Hall–Kier alpha value is -2.27. The zero-order chi connectivity index (χ0) is 15.2. The number of thiol groups is 1. The van der Waals surface area contributed by atoms with Crippen LogP contribution in [0.2, 0.25) is 0 Å². The predicted octanol–water partition coefficient (Wildman–Crippen LogP) is 3.53. The number of nitrogens with one attached hydrogen (secondary N) is 1.